The molecule has 1 N–H and O–H groups in total. The van der Waals surface area contributed by atoms with Gasteiger partial charge in [-0.1, -0.05) is 55.7 Å². The lowest BCUT2D eigenvalue weighted by atomic mass is 9.82. The third-order valence-corrected chi connectivity index (χ3v) is 8.24. The summed E-state index contributed by atoms with van der Waals surface area (Å²) in [6, 6.07) is 6.71. The van der Waals surface area contributed by atoms with Crippen LogP contribution in [0.3, 0.4) is 0 Å². The number of aliphatic imine (C=N–C) groups is 1. The number of hydrogen-bond acceptors (Lipinski definition) is 4. The smallest absolute Gasteiger partial charge is 0.0537 e. The second-order valence-corrected chi connectivity index (χ2v) is 12.0. The minimum atomic E-state index is 0.643. The van der Waals surface area contributed by atoms with Crippen molar-refractivity contribution in [2.45, 2.75) is 52.4 Å². The number of piperazine rings is 1. The molecule has 0 atom stereocenters. The first-order valence-corrected chi connectivity index (χ1v) is 14.9. The minimum absolute atomic E-state index is 0.643. The van der Waals surface area contributed by atoms with E-state index in [9.17, 15) is 0 Å². The molecule has 0 bridgehead atoms. The Morgan fingerprint density at radius 3 is 2.41 bits per heavy atom. The lowest BCUT2D eigenvalue weighted by molar-refractivity contribution is 0.155. The lowest BCUT2D eigenvalue weighted by Crippen LogP contribution is -2.46. The maximum Gasteiger partial charge on any atom is 0.0537 e. The Balaban J connectivity index is 1.50. The first-order chi connectivity index (χ1) is 18.8. The summed E-state index contributed by atoms with van der Waals surface area (Å²) in [6.07, 6.45) is 15.4. The van der Waals surface area contributed by atoms with E-state index in [-0.39, 0.29) is 0 Å². The monoisotopic (exact) mass is 542 g/mol. The highest BCUT2D eigenvalue weighted by molar-refractivity contribution is 7.84. The van der Waals surface area contributed by atoms with Gasteiger partial charge in [0.1, 0.15) is 0 Å². The zero-order valence-corrected chi connectivity index (χ0v) is 24.9. The van der Waals surface area contributed by atoms with Gasteiger partial charge in [-0.15, -0.1) is 19.2 Å². The van der Waals surface area contributed by atoms with Crippen LogP contribution in [0.25, 0.3) is 22.9 Å². The van der Waals surface area contributed by atoms with Crippen LogP contribution in [-0.2, 0) is 0 Å². The van der Waals surface area contributed by atoms with E-state index in [1.54, 1.807) is 0 Å². The summed E-state index contributed by atoms with van der Waals surface area (Å²) in [5, 5.41) is 0. The largest absolute Gasteiger partial charge is 0.360 e. The molecular formula is C34H46N4S. The number of nitrogens with zero attached hydrogens (tertiary/aromatic N) is 3. The molecule has 1 saturated heterocycles. The third kappa shape index (κ3) is 8.44. The van der Waals surface area contributed by atoms with Crippen LogP contribution in [0.4, 0.5) is 0 Å². The average molecular weight is 543 g/mol. The Labute approximate surface area is 241 Å². The van der Waals surface area contributed by atoms with Gasteiger partial charge in [0, 0.05) is 74.9 Å². The molecule has 208 valence electrons. The minimum Gasteiger partial charge on any atom is -0.360 e. The van der Waals surface area contributed by atoms with Crippen LogP contribution >= 0.6 is 12.6 Å². The second-order valence-electron chi connectivity index (χ2n) is 11.4. The number of H-pyrrole nitrogens is 1. The molecule has 39 heavy (non-hydrogen) atoms. The Morgan fingerprint density at radius 1 is 1.08 bits per heavy atom. The van der Waals surface area contributed by atoms with Crippen LogP contribution < -0.4 is 0 Å². The highest BCUT2D eigenvalue weighted by Gasteiger charge is 2.21. The number of aromatic amines is 1. The molecule has 0 radical (unpaired) electrons. The van der Waals surface area contributed by atoms with Gasteiger partial charge in [0.2, 0.25) is 0 Å². The molecule has 5 heteroatoms. The van der Waals surface area contributed by atoms with Crippen LogP contribution in [0, 0.1) is 19.8 Å². The van der Waals surface area contributed by atoms with Crippen molar-refractivity contribution in [1.29, 1.82) is 0 Å². The van der Waals surface area contributed by atoms with E-state index in [1.807, 2.05) is 12.3 Å². The molecule has 1 saturated carbocycles. The van der Waals surface area contributed by atoms with Crippen molar-refractivity contribution in [3.8, 4) is 11.3 Å². The van der Waals surface area contributed by atoms with Crippen molar-refractivity contribution in [3.63, 3.8) is 0 Å². The molecule has 0 spiro atoms. The number of benzene rings is 1. The van der Waals surface area contributed by atoms with Crippen LogP contribution in [0.1, 0.15) is 60.8 Å². The van der Waals surface area contributed by atoms with E-state index in [2.05, 4.69) is 83.8 Å². The van der Waals surface area contributed by atoms with E-state index in [4.69, 9.17) is 12.6 Å². The molecule has 1 aromatic carbocycles. The maximum absolute atomic E-state index is 4.85. The average Bonchev–Trinajstić information content (AvgIpc) is 3.27. The molecule has 2 heterocycles. The number of allylic oxidation sites excluding steroid dienone is 1. The van der Waals surface area contributed by atoms with E-state index >= 15 is 0 Å². The van der Waals surface area contributed by atoms with Crippen molar-refractivity contribution in [1.82, 2.24) is 14.8 Å². The fraction of sp³-hybridized carbons (Fsp3) is 0.441. The van der Waals surface area contributed by atoms with Gasteiger partial charge < -0.3 is 4.98 Å². The Bertz CT molecular complexity index is 1200. The molecule has 2 aromatic rings. The van der Waals surface area contributed by atoms with Crippen molar-refractivity contribution < 1.29 is 0 Å². The zero-order valence-electron chi connectivity index (χ0n) is 24.0. The summed E-state index contributed by atoms with van der Waals surface area (Å²) in [7, 11) is 0. The number of aromatic nitrogens is 1. The van der Waals surface area contributed by atoms with Gasteiger partial charge in [0.15, 0.2) is 0 Å². The molecule has 0 amide bonds. The topological polar surface area (TPSA) is 34.6 Å². The summed E-state index contributed by atoms with van der Waals surface area (Å²) in [5.41, 5.74) is 9.11. The van der Waals surface area contributed by atoms with Gasteiger partial charge in [-0.25, -0.2) is 0 Å². The SMILES string of the molecule is C=CCN1CCN(CC(=C)c2c(/C=C(\S)CC(=C)N=CCCC3CCC3)c[nH]c2-c2cc(C)cc(C)c2)CC1. The van der Waals surface area contributed by atoms with Crippen molar-refractivity contribution >= 4 is 30.5 Å². The lowest BCUT2D eigenvalue weighted by Gasteiger charge is -2.34. The molecule has 4 nitrogen and oxygen atoms in total. The van der Waals surface area contributed by atoms with Crippen LogP contribution in [0.15, 0.2) is 65.8 Å². The normalized spacial score (nSPS) is 17.5. The third-order valence-electron chi connectivity index (χ3n) is 7.95. The molecular weight excluding hydrogens is 496 g/mol. The molecule has 1 aromatic heterocycles. The van der Waals surface area contributed by atoms with E-state index < -0.39 is 0 Å². The van der Waals surface area contributed by atoms with Crippen LogP contribution in [-0.4, -0.2) is 60.3 Å². The summed E-state index contributed by atoms with van der Waals surface area (Å²) >= 11 is 4.85. The molecule has 2 aliphatic rings. The number of hydrogen-bond donors (Lipinski definition) is 2. The number of aryl methyl sites for hydroxylation is 2. The number of thiol groups is 1. The summed E-state index contributed by atoms with van der Waals surface area (Å²) in [5.74, 6) is 0.910. The van der Waals surface area contributed by atoms with Gasteiger partial charge in [-0.05, 0) is 66.9 Å². The van der Waals surface area contributed by atoms with Crippen molar-refractivity contribution in [2.75, 3.05) is 39.3 Å². The van der Waals surface area contributed by atoms with Gasteiger partial charge in [0.05, 0.1) is 5.69 Å². The van der Waals surface area contributed by atoms with E-state index in [0.29, 0.717) is 6.42 Å². The van der Waals surface area contributed by atoms with Crippen molar-refractivity contribution in [2.24, 2.45) is 10.9 Å². The van der Waals surface area contributed by atoms with Gasteiger partial charge in [0.25, 0.3) is 0 Å². The Kier molecular flexibility index (Phi) is 10.7. The second kappa shape index (κ2) is 14.2. The standard InChI is InChI=1S/C34H46N4S/c1-6-13-37-14-16-38(17-15-37)24-27(4)33-31(23-36-34(33)30-19-25(2)18-26(3)20-30)22-32(39)21-28(5)35-12-8-11-29-9-7-10-29/h6,12,18-20,22-23,29,36,39H,1,4-5,7-11,13-17,21,24H2,2-3H3/b32-22-,35-12?. The first kappa shape index (κ1) is 29.4. The molecule has 0 unspecified atom stereocenters. The Hall–Kier alpha value is -2.60. The molecule has 1 aliphatic heterocycles. The predicted molar refractivity (Wildman–Crippen MR) is 174 cm³/mol. The number of rotatable bonds is 13. The van der Waals surface area contributed by atoms with Crippen molar-refractivity contribution in [3.05, 3.63) is 83.1 Å². The maximum atomic E-state index is 4.85. The van der Waals surface area contributed by atoms with E-state index in [1.165, 1.54) is 47.9 Å². The van der Waals surface area contributed by atoms with Gasteiger partial charge >= 0.3 is 0 Å². The summed E-state index contributed by atoms with van der Waals surface area (Å²) < 4.78 is 0. The highest BCUT2D eigenvalue weighted by atomic mass is 32.1. The summed E-state index contributed by atoms with van der Waals surface area (Å²) in [6.45, 7) is 23.0. The molecule has 4 rings (SSSR count). The fourth-order valence-electron chi connectivity index (χ4n) is 5.71. The van der Waals surface area contributed by atoms with Gasteiger partial charge in [-0.2, -0.15) is 0 Å². The molecule has 1 aliphatic carbocycles. The van der Waals surface area contributed by atoms with Crippen LogP contribution in [0.2, 0.25) is 0 Å². The summed E-state index contributed by atoms with van der Waals surface area (Å²) in [4.78, 5) is 14.1. The predicted octanol–water partition coefficient (Wildman–Crippen LogP) is 7.94. The fourth-order valence-corrected chi connectivity index (χ4v) is 6.03. The Morgan fingerprint density at radius 2 is 1.77 bits per heavy atom. The van der Waals surface area contributed by atoms with Gasteiger partial charge in [-0.3, -0.25) is 14.8 Å². The van der Waals surface area contributed by atoms with Crippen LogP contribution in [0.5, 0.6) is 0 Å². The van der Waals surface area contributed by atoms with E-state index in [0.717, 1.165) is 79.0 Å². The molecule has 2 fully saturated rings. The first-order valence-electron chi connectivity index (χ1n) is 14.5. The quantitative estimate of drug-likeness (QED) is 0.153. The highest BCUT2D eigenvalue weighted by Crippen LogP contribution is 2.34. The zero-order chi connectivity index (χ0) is 27.8. The number of nitrogens with one attached hydrogen (secondary N) is 1.